The average Bonchev–Trinajstić information content (AvgIpc) is 2.64. The van der Waals surface area contributed by atoms with Crippen molar-refractivity contribution in [3.05, 3.63) is 74.8 Å². The lowest BCUT2D eigenvalue weighted by molar-refractivity contribution is -0.485. The van der Waals surface area contributed by atoms with E-state index in [4.69, 9.17) is 16.3 Å². The number of hydrogen-bond acceptors (Lipinski definition) is 5. The first-order chi connectivity index (χ1) is 13.6. The molecule has 3 rings (SSSR count). The quantitative estimate of drug-likeness (QED) is 0.355. The summed E-state index contributed by atoms with van der Waals surface area (Å²) in [4.78, 5) is 37.4. The zero-order valence-corrected chi connectivity index (χ0v) is 17.0. The van der Waals surface area contributed by atoms with Crippen molar-refractivity contribution >= 4 is 23.5 Å². The summed E-state index contributed by atoms with van der Waals surface area (Å²) in [5, 5.41) is 14.6. The Morgan fingerprint density at radius 3 is 2.45 bits per heavy atom. The fraction of sp³-hybridized carbons (Fsp3) is 0.333. The highest BCUT2D eigenvalue weighted by molar-refractivity contribution is 6.31. The number of carbonyl (C=O) groups excluding carboxylic acids is 2. The van der Waals surface area contributed by atoms with Crippen LogP contribution in [0.3, 0.4) is 0 Å². The van der Waals surface area contributed by atoms with Crippen LogP contribution in [-0.2, 0) is 15.1 Å². The van der Waals surface area contributed by atoms with E-state index in [0.29, 0.717) is 5.56 Å². The smallest absolute Gasteiger partial charge is 0.342 e. The topological polar surface area (TPSA) is 98.5 Å². The molecule has 1 aliphatic rings. The molecule has 7 nitrogen and oxygen atoms in total. The lowest BCUT2D eigenvalue weighted by Gasteiger charge is -2.43. The molecule has 0 aromatic heterocycles. The molecule has 0 fully saturated rings. The molecule has 8 heteroatoms. The molecule has 1 aliphatic heterocycles. The van der Waals surface area contributed by atoms with Crippen LogP contribution in [0.5, 0.6) is 5.75 Å². The molecule has 1 heterocycles. The van der Waals surface area contributed by atoms with E-state index in [-0.39, 0.29) is 16.3 Å². The Morgan fingerprint density at radius 2 is 1.83 bits per heavy atom. The molecule has 1 N–H and O–H groups in total. The summed E-state index contributed by atoms with van der Waals surface area (Å²) in [5.74, 6) is -2.05. The second-order valence-corrected chi connectivity index (χ2v) is 8.39. The maximum atomic E-state index is 13.4. The van der Waals surface area contributed by atoms with Gasteiger partial charge in [0, 0.05) is 26.5 Å². The summed E-state index contributed by atoms with van der Waals surface area (Å²) in [6.07, 6.45) is 0. The standard InChI is InChI=1S/C21H21ClN2O5/c1-20(2,3)18(25)23-21(14-9-5-6-10-16(14)22)15(12-24(27)28)13-8-4-7-11-17(13)29-19(21)26/h4-11,15H,12H2,1-3H3,(H,23,25)/t15-,21-/m1/s1. The number of nitro groups is 1. The zero-order valence-electron chi connectivity index (χ0n) is 16.3. The van der Waals surface area contributed by atoms with Crippen LogP contribution < -0.4 is 10.1 Å². The summed E-state index contributed by atoms with van der Waals surface area (Å²) in [6, 6.07) is 13.1. The van der Waals surface area contributed by atoms with E-state index in [2.05, 4.69) is 5.32 Å². The summed E-state index contributed by atoms with van der Waals surface area (Å²) >= 11 is 6.41. The van der Waals surface area contributed by atoms with Crippen molar-refractivity contribution in [3.8, 4) is 5.75 Å². The second kappa shape index (κ2) is 7.48. The number of benzene rings is 2. The van der Waals surface area contributed by atoms with Crippen LogP contribution in [0, 0.1) is 15.5 Å². The molecule has 29 heavy (non-hydrogen) atoms. The highest BCUT2D eigenvalue weighted by atomic mass is 35.5. The highest BCUT2D eigenvalue weighted by Gasteiger charge is 2.57. The molecule has 2 atom stereocenters. The molecule has 0 bridgehead atoms. The lowest BCUT2D eigenvalue weighted by Crippen LogP contribution is -2.62. The van der Waals surface area contributed by atoms with Gasteiger partial charge in [0.1, 0.15) is 5.75 Å². The molecule has 0 saturated heterocycles. The number of hydrogen-bond donors (Lipinski definition) is 1. The average molecular weight is 417 g/mol. The van der Waals surface area contributed by atoms with Crippen LogP contribution in [0.1, 0.15) is 37.8 Å². The van der Waals surface area contributed by atoms with Crippen LogP contribution in [0.25, 0.3) is 0 Å². The predicted molar refractivity (Wildman–Crippen MR) is 107 cm³/mol. The molecule has 0 spiro atoms. The predicted octanol–water partition coefficient (Wildman–Crippen LogP) is 3.68. The molecule has 1 amide bonds. The molecule has 0 saturated carbocycles. The van der Waals surface area contributed by atoms with Gasteiger partial charge in [-0.1, -0.05) is 68.8 Å². The monoisotopic (exact) mass is 416 g/mol. The van der Waals surface area contributed by atoms with Gasteiger partial charge < -0.3 is 10.1 Å². The van der Waals surface area contributed by atoms with Crippen LogP contribution in [0.2, 0.25) is 5.02 Å². The number of carbonyl (C=O) groups is 2. The van der Waals surface area contributed by atoms with E-state index in [9.17, 15) is 19.7 Å². The fourth-order valence-electron chi connectivity index (χ4n) is 3.45. The van der Waals surface area contributed by atoms with E-state index >= 15 is 0 Å². The molecule has 0 aliphatic carbocycles. The molecular weight excluding hydrogens is 396 g/mol. The fourth-order valence-corrected chi connectivity index (χ4v) is 3.74. The lowest BCUT2D eigenvalue weighted by atomic mass is 9.71. The molecular formula is C21H21ClN2O5. The van der Waals surface area contributed by atoms with Gasteiger partial charge in [-0.25, -0.2) is 4.79 Å². The third-order valence-electron chi connectivity index (χ3n) is 4.96. The first-order valence-electron chi connectivity index (χ1n) is 9.08. The number of fused-ring (bicyclic) bond motifs is 1. The molecule has 0 unspecified atom stereocenters. The van der Waals surface area contributed by atoms with E-state index in [1.807, 2.05) is 0 Å². The van der Waals surface area contributed by atoms with E-state index < -0.39 is 40.2 Å². The number of esters is 1. The highest BCUT2D eigenvalue weighted by Crippen LogP contribution is 2.48. The van der Waals surface area contributed by atoms with Crippen molar-refractivity contribution in [1.82, 2.24) is 5.32 Å². The Morgan fingerprint density at radius 1 is 1.21 bits per heavy atom. The van der Waals surface area contributed by atoms with Gasteiger partial charge in [0.05, 0.1) is 5.92 Å². The van der Waals surface area contributed by atoms with E-state index in [1.165, 1.54) is 0 Å². The van der Waals surface area contributed by atoms with Gasteiger partial charge in [-0.15, -0.1) is 0 Å². The number of nitrogens with zero attached hydrogens (tertiary/aromatic N) is 1. The second-order valence-electron chi connectivity index (χ2n) is 7.99. The van der Waals surface area contributed by atoms with Gasteiger partial charge in [0.2, 0.25) is 12.5 Å². The van der Waals surface area contributed by atoms with Crippen LogP contribution >= 0.6 is 11.6 Å². The Kier molecular flexibility index (Phi) is 5.36. The Hall–Kier alpha value is -2.93. The van der Waals surface area contributed by atoms with Crippen molar-refractivity contribution in [3.63, 3.8) is 0 Å². The van der Waals surface area contributed by atoms with Gasteiger partial charge in [-0.05, 0) is 12.1 Å². The first-order valence-corrected chi connectivity index (χ1v) is 9.46. The molecule has 152 valence electrons. The molecule has 2 aromatic carbocycles. The van der Waals surface area contributed by atoms with E-state index in [0.717, 1.165) is 0 Å². The van der Waals surface area contributed by atoms with Crippen molar-refractivity contribution in [2.24, 2.45) is 5.41 Å². The Bertz CT molecular complexity index is 985. The summed E-state index contributed by atoms with van der Waals surface area (Å²) < 4.78 is 5.55. The van der Waals surface area contributed by atoms with Crippen molar-refractivity contribution < 1.29 is 19.2 Å². The minimum atomic E-state index is -1.84. The van der Waals surface area contributed by atoms with Crippen LogP contribution in [-0.4, -0.2) is 23.3 Å². The van der Waals surface area contributed by atoms with E-state index in [1.54, 1.807) is 69.3 Å². The van der Waals surface area contributed by atoms with Crippen molar-refractivity contribution in [1.29, 1.82) is 0 Å². The number of amides is 1. The van der Waals surface area contributed by atoms with Crippen LogP contribution in [0.4, 0.5) is 0 Å². The summed E-state index contributed by atoms with van der Waals surface area (Å²) in [5.41, 5.74) is -1.99. The van der Waals surface area contributed by atoms with Crippen molar-refractivity contribution in [2.45, 2.75) is 32.2 Å². The minimum absolute atomic E-state index is 0.200. The molecule has 2 aromatic rings. The third kappa shape index (κ3) is 3.70. The number of nitrogens with one attached hydrogen (secondary N) is 1. The molecule has 0 radical (unpaired) electrons. The van der Waals surface area contributed by atoms with Gasteiger partial charge in [0.25, 0.3) is 0 Å². The summed E-state index contributed by atoms with van der Waals surface area (Å²) in [7, 11) is 0. The maximum absolute atomic E-state index is 13.4. The first kappa shape index (κ1) is 20.8. The van der Waals surface area contributed by atoms with Gasteiger partial charge in [0.15, 0.2) is 5.54 Å². The van der Waals surface area contributed by atoms with Gasteiger partial charge in [-0.3, -0.25) is 14.9 Å². The van der Waals surface area contributed by atoms with Gasteiger partial charge in [-0.2, -0.15) is 0 Å². The van der Waals surface area contributed by atoms with Crippen LogP contribution in [0.15, 0.2) is 48.5 Å². The minimum Gasteiger partial charge on any atom is -0.424 e. The summed E-state index contributed by atoms with van der Waals surface area (Å²) in [6.45, 7) is 4.47. The number of ether oxygens (including phenoxy) is 1. The number of halogens is 1. The zero-order chi connectivity index (χ0) is 21.4. The normalized spacial score (nSPS) is 21.1. The number of para-hydroxylation sites is 1. The van der Waals surface area contributed by atoms with Gasteiger partial charge >= 0.3 is 5.97 Å². The Labute approximate surface area is 173 Å². The SMILES string of the molecule is CC(C)(C)C(=O)N[C@@]1(c2ccccc2Cl)C(=O)Oc2ccccc2[C@H]1C[N+](=O)[O-]. The Balaban J connectivity index is 2.32. The number of rotatable bonds is 4. The van der Waals surface area contributed by atoms with Crippen molar-refractivity contribution in [2.75, 3.05) is 6.54 Å². The largest absolute Gasteiger partial charge is 0.424 e. The third-order valence-corrected chi connectivity index (χ3v) is 5.29. The maximum Gasteiger partial charge on any atom is 0.342 e.